The zero-order valence-electron chi connectivity index (χ0n) is 11.3. The second kappa shape index (κ2) is 6.05. The molecule has 0 aliphatic carbocycles. The van der Waals surface area contributed by atoms with Crippen molar-refractivity contribution in [2.75, 3.05) is 4.72 Å². The molecule has 0 fully saturated rings. The maximum Gasteiger partial charge on any atom is 0.598 e. The van der Waals surface area contributed by atoms with E-state index in [4.69, 9.17) is 0 Å². The normalized spacial score (nSPS) is 14.0. The first-order valence-electron chi connectivity index (χ1n) is 6.02. The van der Waals surface area contributed by atoms with Crippen molar-refractivity contribution in [3.8, 4) is 0 Å². The van der Waals surface area contributed by atoms with Gasteiger partial charge in [0.2, 0.25) is 0 Å². The molecule has 6 heteroatoms. The standard InChI is InChI=1S/C13H18F3NOS/c1-8(2)10-6-5-7-11(9(3)4)12(10)17-19(18)13(14,15)16/h5-9,17H,1-4H3. The second-order valence-corrected chi connectivity index (χ2v) is 6.14. The quantitative estimate of drug-likeness (QED) is 0.828. The number of anilines is 1. The van der Waals surface area contributed by atoms with Crippen LogP contribution in [0.25, 0.3) is 0 Å². The average Bonchev–Trinajstić information content (AvgIpc) is 2.27. The maximum atomic E-state index is 12.4. The maximum absolute atomic E-state index is 12.4. The molecule has 108 valence electrons. The first-order chi connectivity index (χ1) is 8.64. The summed E-state index contributed by atoms with van der Waals surface area (Å²) in [5.74, 6) is 0.0952. The summed E-state index contributed by atoms with van der Waals surface area (Å²) in [6.45, 7) is 7.56. The summed E-state index contributed by atoms with van der Waals surface area (Å²) in [5, 5.41) is 0. The van der Waals surface area contributed by atoms with Gasteiger partial charge in [-0.25, -0.2) is 0 Å². The van der Waals surface area contributed by atoms with E-state index in [1.165, 1.54) is 0 Å². The van der Waals surface area contributed by atoms with Crippen LogP contribution >= 0.6 is 0 Å². The Bertz CT molecular complexity index is 406. The minimum Gasteiger partial charge on any atom is -0.586 e. The van der Waals surface area contributed by atoms with Crippen molar-refractivity contribution in [3.05, 3.63) is 29.3 Å². The third-order valence-electron chi connectivity index (χ3n) is 2.78. The minimum absolute atomic E-state index is 0.0476. The van der Waals surface area contributed by atoms with Gasteiger partial charge >= 0.3 is 5.51 Å². The Morgan fingerprint density at radius 3 is 1.79 bits per heavy atom. The Morgan fingerprint density at radius 2 is 1.47 bits per heavy atom. The van der Waals surface area contributed by atoms with Crippen LogP contribution in [0.4, 0.5) is 18.9 Å². The van der Waals surface area contributed by atoms with Crippen LogP contribution in [-0.4, -0.2) is 10.1 Å². The molecule has 0 aliphatic heterocycles. The Kier molecular flexibility index (Phi) is 5.15. The summed E-state index contributed by atoms with van der Waals surface area (Å²) < 4.78 is 50.7. The summed E-state index contributed by atoms with van der Waals surface area (Å²) in [7, 11) is 0. The zero-order chi connectivity index (χ0) is 14.8. The molecule has 1 N–H and O–H groups in total. The molecule has 1 aromatic rings. The molecule has 19 heavy (non-hydrogen) atoms. The first-order valence-corrected chi connectivity index (χ1v) is 7.17. The fourth-order valence-corrected chi connectivity index (χ4v) is 2.36. The van der Waals surface area contributed by atoms with E-state index >= 15 is 0 Å². The van der Waals surface area contributed by atoms with Crippen LogP contribution in [0.1, 0.15) is 50.7 Å². The lowest BCUT2D eigenvalue weighted by molar-refractivity contribution is -0.0428. The monoisotopic (exact) mass is 293 g/mol. The summed E-state index contributed by atoms with van der Waals surface area (Å²) in [6.07, 6.45) is 0. The van der Waals surface area contributed by atoms with Gasteiger partial charge in [-0.1, -0.05) is 45.9 Å². The van der Waals surface area contributed by atoms with Crippen molar-refractivity contribution in [3.63, 3.8) is 0 Å². The van der Waals surface area contributed by atoms with Crippen molar-refractivity contribution < 1.29 is 17.7 Å². The molecule has 1 atom stereocenters. The van der Waals surface area contributed by atoms with E-state index in [-0.39, 0.29) is 11.8 Å². The molecule has 2 nitrogen and oxygen atoms in total. The molecule has 0 heterocycles. The van der Waals surface area contributed by atoms with Gasteiger partial charge in [-0.05, 0) is 23.0 Å². The highest BCUT2D eigenvalue weighted by atomic mass is 32.2. The minimum atomic E-state index is -4.77. The summed E-state index contributed by atoms with van der Waals surface area (Å²) in [6, 6.07) is 5.32. The van der Waals surface area contributed by atoms with Gasteiger partial charge in [0.25, 0.3) is 0 Å². The fraction of sp³-hybridized carbons (Fsp3) is 0.538. The highest BCUT2D eigenvalue weighted by Crippen LogP contribution is 2.35. The number of alkyl halides is 3. The number of para-hydroxylation sites is 1. The molecule has 1 aromatic carbocycles. The third-order valence-corrected chi connectivity index (χ3v) is 3.59. The van der Waals surface area contributed by atoms with Crippen molar-refractivity contribution in [1.82, 2.24) is 0 Å². The summed E-state index contributed by atoms with van der Waals surface area (Å²) in [5.41, 5.74) is -2.95. The number of hydrogen-bond donors (Lipinski definition) is 1. The molecule has 0 saturated heterocycles. The van der Waals surface area contributed by atoms with E-state index in [0.29, 0.717) is 5.69 Å². The molecule has 0 aliphatic rings. The molecule has 0 aromatic heterocycles. The smallest absolute Gasteiger partial charge is 0.586 e. The van der Waals surface area contributed by atoms with E-state index in [9.17, 15) is 17.7 Å². The van der Waals surface area contributed by atoms with Crippen molar-refractivity contribution in [2.24, 2.45) is 0 Å². The predicted molar refractivity (Wildman–Crippen MR) is 72.4 cm³/mol. The van der Waals surface area contributed by atoms with E-state index in [0.717, 1.165) is 11.1 Å². The highest BCUT2D eigenvalue weighted by Gasteiger charge is 2.46. The van der Waals surface area contributed by atoms with Crippen LogP contribution in [0, 0.1) is 0 Å². The van der Waals surface area contributed by atoms with Gasteiger partial charge < -0.3 is 4.55 Å². The second-order valence-electron chi connectivity index (χ2n) is 4.94. The van der Waals surface area contributed by atoms with Crippen LogP contribution in [0.15, 0.2) is 18.2 Å². The van der Waals surface area contributed by atoms with Gasteiger partial charge in [-0.3, -0.25) is 0 Å². The number of hydrogen-bond acceptors (Lipinski definition) is 2. The number of rotatable bonds is 4. The van der Waals surface area contributed by atoms with E-state index in [1.54, 1.807) is 12.1 Å². The van der Waals surface area contributed by atoms with Crippen molar-refractivity contribution >= 4 is 17.0 Å². The molecular formula is C13H18F3NOS. The lowest BCUT2D eigenvalue weighted by atomic mass is 9.93. The molecule has 1 rings (SSSR count). The topological polar surface area (TPSA) is 35.1 Å². The number of benzene rings is 1. The highest BCUT2D eigenvalue weighted by molar-refractivity contribution is 7.93. The lowest BCUT2D eigenvalue weighted by Crippen LogP contribution is -2.31. The van der Waals surface area contributed by atoms with Crippen LogP contribution in [0.5, 0.6) is 0 Å². The van der Waals surface area contributed by atoms with Gasteiger partial charge in [-0.15, -0.1) is 13.2 Å². The molecule has 1 unspecified atom stereocenters. The van der Waals surface area contributed by atoms with Gasteiger partial charge in [0.15, 0.2) is 11.4 Å². The molecule has 0 amide bonds. The van der Waals surface area contributed by atoms with Gasteiger partial charge in [0, 0.05) is 0 Å². The van der Waals surface area contributed by atoms with Gasteiger partial charge in [0.1, 0.15) is 0 Å². The SMILES string of the molecule is CC(C)c1cccc(C(C)C)c1N[S+]([O-])C(F)(F)F. The third kappa shape index (κ3) is 4.04. The molecular weight excluding hydrogens is 275 g/mol. The lowest BCUT2D eigenvalue weighted by Gasteiger charge is -2.21. The Labute approximate surface area is 114 Å². The summed E-state index contributed by atoms with van der Waals surface area (Å²) >= 11 is -3.09. The zero-order valence-corrected chi connectivity index (χ0v) is 12.2. The van der Waals surface area contributed by atoms with Crippen LogP contribution in [0.3, 0.4) is 0 Å². The van der Waals surface area contributed by atoms with Crippen LogP contribution < -0.4 is 4.72 Å². The molecule has 0 saturated carbocycles. The molecule has 0 bridgehead atoms. The van der Waals surface area contributed by atoms with Gasteiger partial charge in [0.05, 0.1) is 5.69 Å². The number of nitrogens with one attached hydrogen (secondary N) is 1. The van der Waals surface area contributed by atoms with Crippen LogP contribution in [-0.2, 0) is 11.4 Å². The average molecular weight is 293 g/mol. The molecule has 0 radical (unpaired) electrons. The van der Waals surface area contributed by atoms with Crippen LogP contribution in [0.2, 0.25) is 0 Å². The first kappa shape index (κ1) is 16.2. The van der Waals surface area contributed by atoms with Crippen molar-refractivity contribution in [2.45, 2.75) is 45.0 Å². The summed E-state index contributed by atoms with van der Waals surface area (Å²) in [4.78, 5) is 0. The predicted octanol–water partition coefficient (Wildman–Crippen LogP) is 4.53. The fourth-order valence-electron chi connectivity index (χ4n) is 1.82. The Morgan fingerprint density at radius 1 is 1.05 bits per heavy atom. The van der Waals surface area contributed by atoms with E-state index in [2.05, 4.69) is 4.72 Å². The molecule has 0 spiro atoms. The largest absolute Gasteiger partial charge is 0.598 e. The van der Waals surface area contributed by atoms with E-state index < -0.39 is 16.9 Å². The van der Waals surface area contributed by atoms with E-state index in [1.807, 2.05) is 33.8 Å². The van der Waals surface area contributed by atoms with Gasteiger partial charge in [-0.2, -0.15) is 4.72 Å². The Balaban J connectivity index is 3.22. The van der Waals surface area contributed by atoms with Crippen molar-refractivity contribution in [1.29, 1.82) is 0 Å². The number of halogens is 3. The Hall–Kier alpha value is -0.880.